The van der Waals surface area contributed by atoms with Gasteiger partial charge in [-0.1, -0.05) is 0 Å². The number of rotatable bonds is 1. The first kappa shape index (κ1) is 10.4. The molecule has 0 aliphatic carbocycles. The third-order valence-electron chi connectivity index (χ3n) is 1.40. The van der Waals surface area contributed by atoms with E-state index >= 15 is 0 Å². The van der Waals surface area contributed by atoms with E-state index in [4.69, 9.17) is 12.2 Å². The van der Waals surface area contributed by atoms with E-state index in [-0.39, 0.29) is 5.82 Å². The van der Waals surface area contributed by atoms with E-state index < -0.39 is 0 Å². The zero-order valence-corrected chi connectivity index (χ0v) is 9.30. The van der Waals surface area contributed by atoms with Crippen molar-refractivity contribution in [2.75, 3.05) is 12.4 Å². The third-order valence-corrected chi connectivity index (χ3v) is 2.35. The smallest absolute Gasteiger partial charge is 0.170 e. The maximum Gasteiger partial charge on any atom is 0.170 e. The van der Waals surface area contributed by atoms with Crippen molar-refractivity contribution in [2.45, 2.75) is 0 Å². The Morgan fingerprint density at radius 3 is 2.77 bits per heavy atom. The average Bonchev–Trinajstić information content (AvgIpc) is 2.11. The van der Waals surface area contributed by atoms with E-state index in [1.807, 2.05) is 0 Å². The lowest BCUT2D eigenvalue weighted by Gasteiger charge is -2.06. The largest absolute Gasteiger partial charge is 0.366 e. The molecule has 1 aromatic carbocycles. The van der Waals surface area contributed by atoms with Crippen LogP contribution in [0.15, 0.2) is 22.7 Å². The number of hydrogen-bond donors (Lipinski definition) is 2. The Morgan fingerprint density at radius 1 is 1.54 bits per heavy atom. The van der Waals surface area contributed by atoms with E-state index in [0.717, 1.165) is 0 Å². The lowest BCUT2D eigenvalue weighted by Crippen LogP contribution is -2.24. The Balaban J connectivity index is 2.79. The Hall–Kier alpha value is -0.680. The molecule has 0 atom stereocenters. The van der Waals surface area contributed by atoms with E-state index in [9.17, 15) is 4.39 Å². The molecule has 0 aliphatic rings. The zero-order valence-electron chi connectivity index (χ0n) is 6.90. The van der Waals surface area contributed by atoms with Gasteiger partial charge >= 0.3 is 0 Å². The van der Waals surface area contributed by atoms with Crippen LogP contribution in [-0.2, 0) is 0 Å². The molecule has 1 rings (SSSR count). The van der Waals surface area contributed by atoms with Gasteiger partial charge in [-0.3, -0.25) is 0 Å². The molecular formula is C8H8BrFN2S. The number of nitrogens with one attached hydrogen (secondary N) is 2. The lowest BCUT2D eigenvalue weighted by atomic mass is 10.3. The topological polar surface area (TPSA) is 24.1 Å². The molecule has 13 heavy (non-hydrogen) atoms. The molecular weight excluding hydrogens is 255 g/mol. The summed E-state index contributed by atoms with van der Waals surface area (Å²) in [5, 5.41) is 6.01. The molecule has 0 spiro atoms. The highest BCUT2D eigenvalue weighted by molar-refractivity contribution is 9.10. The van der Waals surface area contributed by atoms with Gasteiger partial charge in [0.15, 0.2) is 5.11 Å². The van der Waals surface area contributed by atoms with Crippen molar-refractivity contribution in [3.05, 3.63) is 28.5 Å². The van der Waals surface area contributed by atoms with E-state index in [1.165, 1.54) is 6.07 Å². The standard InChI is InChI=1S/C8H8BrFN2S/c1-11-8(13)12-5-2-3-6(9)7(10)4-5/h2-4H,1H3,(H2,11,12,13). The summed E-state index contributed by atoms with van der Waals surface area (Å²) in [4.78, 5) is 0. The van der Waals surface area contributed by atoms with Crippen LogP contribution >= 0.6 is 28.1 Å². The number of anilines is 1. The van der Waals surface area contributed by atoms with Gasteiger partial charge in [-0.05, 0) is 46.3 Å². The molecule has 0 saturated carbocycles. The highest BCUT2D eigenvalue weighted by Crippen LogP contribution is 2.18. The normalized spacial score (nSPS) is 9.46. The summed E-state index contributed by atoms with van der Waals surface area (Å²) in [6, 6.07) is 4.72. The van der Waals surface area contributed by atoms with Gasteiger partial charge in [-0.2, -0.15) is 0 Å². The number of hydrogen-bond acceptors (Lipinski definition) is 1. The second-order valence-corrected chi connectivity index (χ2v) is 3.60. The zero-order chi connectivity index (χ0) is 9.84. The first-order valence-corrected chi connectivity index (χ1v) is 4.77. The van der Waals surface area contributed by atoms with Crippen LogP contribution in [0.2, 0.25) is 0 Å². The number of thiocarbonyl (C=S) groups is 1. The Morgan fingerprint density at radius 2 is 2.23 bits per heavy atom. The van der Waals surface area contributed by atoms with Crippen LogP contribution in [0.3, 0.4) is 0 Å². The fourth-order valence-electron chi connectivity index (χ4n) is 0.767. The summed E-state index contributed by atoms with van der Waals surface area (Å²) < 4.78 is 13.4. The lowest BCUT2D eigenvalue weighted by molar-refractivity contribution is 0.622. The van der Waals surface area contributed by atoms with Gasteiger partial charge in [-0.15, -0.1) is 0 Å². The van der Waals surface area contributed by atoms with Crippen LogP contribution in [0.1, 0.15) is 0 Å². The summed E-state index contributed by atoms with van der Waals surface area (Å²) in [6.07, 6.45) is 0. The Bertz CT molecular complexity index is 330. The van der Waals surface area contributed by atoms with Gasteiger partial charge in [0, 0.05) is 12.7 Å². The molecule has 0 amide bonds. The van der Waals surface area contributed by atoms with Gasteiger partial charge in [0.25, 0.3) is 0 Å². The van der Waals surface area contributed by atoms with Crippen molar-refractivity contribution < 1.29 is 4.39 Å². The van der Waals surface area contributed by atoms with Gasteiger partial charge in [0.1, 0.15) is 5.82 Å². The van der Waals surface area contributed by atoms with Gasteiger partial charge < -0.3 is 10.6 Å². The summed E-state index contributed by atoms with van der Waals surface area (Å²) in [6.45, 7) is 0. The Labute approximate surface area is 89.7 Å². The summed E-state index contributed by atoms with van der Waals surface area (Å²) in [5.41, 5.74) is 0.625. The van der Waals surface area contributed by atoms with Gasteiger partial charge in [-0.25, -0.2) is 4.39 Å². The molecule has 70 valence electrons. The molecule has 2 nitrogen and oxygen atoms in total. The minimum Gasteiger partial charge on any atom is -0.366 e. The molecule has 5 heteroatoms. The van der Waals surface area contributed by atoms with Crippen molar-refractivity contribution in [1.29, 1.82) is 0 Å². The van der Waals surface area contributed by atoms with Crippen LogP contribution in [0, 0.1) is 5.82 Å². The monoisotopic (exact) mass is 262 g/mol. The highest BCUT2D eigenvalue weighted by atomic mass is 79.9. The van der Waals surface area contributed by atoms with Crippen LogP contribution < -0.4 is 10.6 Å². The molecule has 2 N–H and O–H groups in total. The molecule has 0 aromatic heterocycles. The summed E-state index contributed by atoms with van der Waals surface area (Å²) in [5.74, 6) is -0.316. The summed E-state index contributed by atoms with van der Waals surface area (Å²) >= 11 is 7.92. The minimum absolute atomic E-state index is 0.316. The van der Waals surface area contributed by atoms with Crippen molar-refractivity contribution >= 4 is 38.9 Å². The van der Waals surface area contributed by atoms with Crippen molar-refractivity contribution in [3.63, 3.8) is 0 Å². The first-order valence-electron chi connectivity index (χ1n) is 3.57. The maximum atomic E-state index is 13.0. The fourth-order valence-corrected chi connectivity index (χ4v) is 1.13. The van der Waals surface area contributed by atoms with Crippen LogP contribution in [-0.4, -0.2) is 12.2 Å². The maximum absolute atomic E-state index is 13.0. The van der Waals surface area contributed by atoms with Crippen molar-refractivity contribution in [3.8, 4) is 0 Å². The summed E-state index contributed by atoms with van der Waals surface area (Å²) in [7, 11) is 1.70. The minimum atomic E-state index is -0.316. The molecule has 0 unspecified atom stereocenters. The SMILES string of the molecule is CNC(=S)Nc1ccc(Br)c(F)c1. The predicted octanol–water partition coefficient (Wildman–Crippen LogP) is 2.50. The highest BCUT2D eigenvalue weighted by Gasteiger charge is 2.00. The molecule has 0 radical (unpaired) electrons. The van der Waals surface area contributed by atoms with E-state index in [0.29, 0.717) is 15.3 Å². The van der Waals surface area contributed by atoms with E-state index in [2.05, 4.69) is 26.6 Å². The Kier molecular flexibility index (Phi) is 3.62. The molecule has 0 aliphatic heterocycles. The van der Waals surface area contributed by atoms with Crippen LogP contribution in [0.4, 0.5) is 10.1 Å². The quantitative estimate of drug-likeness (QED) is 0.761. The number of benzene rings is 1. The van der Waals surface area contributed by atoms with Crippen LogP contribution in [0.25, 0.3) is 0 Å². The fraction of sp³-hybridized carbons (Fsp3) is 0.125. The average molecular weight is 263 g/mol. The van der Waals surface area contributed by atoms with Crippen molar-refractivity contribution in [1.82, 2.24) is 5.32 Å². The molecule has 0 bridgehead atoms. The van der Waals surface area contributed by atoms with Crippen LogP contribution in [0.5, 0.6) is 0 Å². The first-order chi connectivity index (χ1) is 6.13. The van der Waals surface area contributed by atoms with Gasteiger partial charge in [0.05, 0.1) is 4.47 Å². The van der Waals surface area contributed by atoms with E-state index in [1.54, 1.807) is 19.2 Å². The molecule has 0 fully saturated rings. The number of halogens is 2. The predicted molar refractivity (Wildman–Crippen MR) is 59.4 cm³/mol. The molecule has 0 heterocycles. The van der Waals surface area contributed by atoms with Gasteiger partial charge in [0.2, 0.25) is 0 Å². The molecule has 1 aromatic rings. The molecule has 0 saturated heterocycles. The second kappa shape index (κ2) is 4.53. The third kappa shape index (κ3) is 2.93. The van der Waals surface area contributed by atoms with Crippen molar-refractivity contribution in [2.24, 2.45) is 0 Å². The second-order valence-electron chi connectivity index (χ2n) is 2.33.